The van der Waals surface area contributed by atoms with E-state index in [0.29, 0.717) is 6.79 Å². The van der Waals surface area contributed by atoms with Crippen molar-refractivity contribution >= 4 is 27.5 Å². The highest BCUT2D eigenvalue weighted by atomic mass is 79.9. The maximum Gasteiger partial charge on any atom is 0.241 e. The predicted octanol–water partition coefficient (Wildman–Crippen LogP) is 3.63. The molecule has 29 heavy (non-hydrogen) atoms. The van der Waals surface area contributed by atoms with Crippen LogP contribution in [0.25, 0.3) is 0 Å². The minimum absolute atomic E-state index is 0.0266. The van der Waals surface area contributed by atoms with Gasteiger partial charge in [-0.15, -0.1) is 0 Å². The Morgan fingerprint density at radius 3 is 2.62 bits per heavy atom. The number of carbonyl (C=O) groups is 1. The van der Waals surface area contributed by atoms with Crippen molar-refractivity contribution in [1.82, 2.24) is 9.80 Å². The Morgan fingerprint density at radius 2 is 1.86 bits per heavy atom. The van der Waals surface area contributed by atoms with E-state index in [4.69, 9.17) is 9.47 Å². The lowest BCUT2D eigenvalue weighted by atomic mass is 10.1. The van der Waals surface area contributed by atoms with Crippen LogP contribution in [0.5, 0.6) is 11.5 Å². The molecule has 1 fully saturated rings. The molecule has 2 aromatic rings. The highest BCUT2D eigenvalue weighted by molar-refractivity contribution is 9.10. The molecule has 1 unspecified atom stereocenters. The van der Waals surface area contributed by atoms with Crippen LogP contribution in [-0.4, -0.2) is 54.7 Å². The van der Waals surface area contributed by atoms with Crippen LogP contribution in [0.1, 0.15) is 18.1 Å². The maximum absolute atomic E-state index is 12.7. The number of nitrogens with zero attached hydrogens (tertiary/aromatic N) is 2. The third-order valence-corrected chi connectivity index (χ3v) is 6.22. The number of rotatable bonds is 5. The van der Waals surface area contributed by atoms with Crippen LogP contribution in [0.3, 0.4) is 0 Å². The number of benzene rings is 2. The molecule has 1 N–H and O–H groups in total. The van der Waals surface area contributed by atoms with Gasteiger partial charge in [0.15, 0.2) is 11.5 Å². The van der Waals surface area contributed by atoms with Gasteiger partial charge >= 0.3 is 0 Å². The van der Waals surface area contributed by atoms with Crippen LogP contribution in [0, 0.1) is 6.92 Å². The first-order chi connectivity index (χ1) is 14.0. The first kappa shape index (κ1) is 20.2. The largest absolute Gasteiger partial charge is 0.454 e. The molecule has 2 aromatic carbocycles. The Hall–Kier alpha value is -2.09. The summed E-state index contributed by atoms with van der Waals surface area (Å²) in [6.45, 7) is 8.79. The summed E-state index contributed by atoms with van der Waals surface area (Å²) in [5, 5.41) is 3.04. The Morgan fingerprint density at radius 1 is 1.10 bits per heavy atom. The molecular weight excluding hydrogens is 434 g/mol. The predicted molar refractivity (Wildman–Crippen MR) is 116 cm³/mol. The minimum Gasteiger partial charge on any atom is -0.454 e. The van der Waals surface area contributed by atoms with E-state index in [1.165, 1.54) is 5.56 Å². The van der Waals surface area contributed by atoms with Gasteiger partial charge in [-0.25, -0.2) is 0 Å². The van der Waals surface area contributed by atoms with E-state index in [9.17, 15) is 4.79 Å². The summed E-state index contributed by atoms with van der Waals surface area (Å²) >= 11 is 3.53. The molecule has 2 aliphatic heterocycles. The van der Waals surface area contributed by atoms with Crippen LogP contribution in [-0.2, 0) is 11.3 Å². The van der Waals surface area contributed by atoms with E-state index in [2.05, 4.69) is 43.2 Å². The Labute approximate surface area is 179 Å². The number of carbonyl (C=O) groups excluding carboxylic acids is 1. The van der Waals surface area contributed by atoms with Crippen molar-refractivity contribution < 1.29 is 14.3 Å². The van der Waals surface area contributed by atoms with Crippen molar-refractivity contribution in [3.05, 3.63) is 52.0 Å². The van der Waals surface area contributed by atoms with E-state index in [-0.39, 0.29) is 11.9 Å². The van der Waals surface area contributed by atoms with Crippen LogP contribution in [0.15, 0.2) is 40.9 Å². The quantitative estimate of drug-likeness (QED) is 0.739. The molecule has 7 heteroatoms. The molecule has 1 atom stereocenters. The third kappa shape index (κ3) is 4.74. The summed E-state index contributed by atoms with van der Waals surface area (Å²) in [6.07, 6.45) is 0. The molecule has 6 nitrogen and oxygen atoms in total. The second-order valence-corrected chi connectivity index (χ2v) is 8.50. The summed E-state index contributed by atoms with van der Waals surface area (Å²) < 4.78 is 11.8. The van der Waals surface area contributed by atoms with Crippen LogP contribution < -0.4 is 14.8 Å². The van der Waals surface area contributed by atoms with Crippen molar-refractivity contribution in [3.8, 4) is 11.5 Å². The number of hydrogen-bond acceptors (Lipinski definition) is 5. The monoisotopic (exact) mass is 459 g/mol. The van der Waals surface area contributed by atoms with Gasteiger partial charge < -0.3 is 14.8 Å². The van der Waals surface area contributed by atoms with Crippen molar-refractivity contribution in [3.63, 3.8) is 0 Å². The van der Waals surface area contributed by atoms with Gasteiger partial charge in [0.1, 0.15) is 0 Å². The number of anilines is 1. The van der Waals surface area contributed by atoms with E-state index in [1.54, 1.807) is 0 Å². The molecule has 0 radical (unpaired) electrons. The zero-order valence-corrected chi connectivity index (χ0v) is 18.4. The standard InChI is InChI=1S/C22H26BrN3O3/c1-15-3-5-19(18(23)11-15)24-22(27)16(2)26-9-7-25(8-10-26)13-17-4-6-20-21(12-17)29-14-28-20/h3-6,11-12,16H,7-10,13-14H2,1-2H3,(H,24,27). The lowest BCUT2D eigenvalue weighted by Gasteiger charge is -2.37. The average molecular weight is 460 g/mol. The fraction of sp³-hybridized carbons (Fsp3) is 0.409. The van der Waals surface area contributed by atoms with Gasteiger partial charge in [0, 0.05) is 37.2 Å². The topological polar surface area (TPSA) is 54.0 Å². The number of nitrogens with one attached hydrogen (secondary N) is 1. The SMILES string of the molecule is Cc1ccc(NC(=O)C(C)N2CCN(Cc3ccc4c(c3)OCO4)CC2)c(Br)c1. The van der Waals surface area contributed by atoms with E-state index in [0.717, 1.165) is 59.9 Å². The van der Waals surface area contributed by atoms with Crippen molar-refractivity contribution in [2.45, 2.75) is 26.4 Å². The number of ether oxygens (including phenoxy) is 2. The highest BCUT2D eigenvalue weighted by Gasteiger charge is 2.26. The van der Waals surface area contributed by atoms with E-state index < -0.39 is 0 Å². The van der Waals surface area contributed by atoms with Crippen molar-refractivity contribution in [1.29, 1.82) is 0 Å². The fourth-order valence-electron chi connectivity index (χ4n) is 3.73. The molecule has 2 aliphatic rings. The smallest absolute Gasteiger partial charge is 0.241 e. The zero-order valence-electron chi connectivity index (χ0n) is 16.8. The number of halogens is 1. The molecule has 154 valence electrons. The van der Waals surface area contributed by atoms with Crippen LogP contribution >= 0.6 is 15.9 Å². The number of amides is 1. The second-order valence-electron chi connectivity index (χ2n) is 7.65. The van der Waals surface area contributed by atoms with Gasteiger partial charge in [-0.3, -0.25) is 14.6 Å². The molecule has 0 bridgehead atoms. The normalized spacial score (nSPS) is 17.9. The number of fused-ring (bicyclic) bond motifs is 1. The van der Waals surface area contributed by atoms with Gasteiger partial charge in [0.25, 0.3) is 0 Å². The maximum atomic E-state index is 12.7. The molecule has 0 aromatic heterocycles. The van der Waals surface area contributed by atoms with E-state index in [1.807, 2.05) is 38.1 Å². The third-order valence-electron chi connectivity index (χ3n) is 5.56. The lowest BCUT2D eigenvalue weighted by Crippen LogP contribution is -2.52. The van der Waals surface area contributed by atoms with Gasteiger partial charge in [-0.1, -0.05) is 12.1 Å². The summed E-state index contributed by atoms with van der Waals surface area (Å²) in [6, 6.07) is 11.9. The van der Waals surface area contributed by atoms with E-state index >= 15 is 0 Å². The minimum atomic E-state index is -0.170. The summed E-state index contributed by atoms with van der Waals surface area (Å²) in [5.74, 6) is 1.67. The van der Waals surface area contributed by atoms with Crippen LogP contribution in [0.4, 0.5) is 5.69 Å². The lowest BCUT2D eigenvalue weighted by molar-refractivity contribution is -0.121. The Kier molecular flexibility index (Phi) is 6.08. The van der Waals surface area contributed by atoms with Crippen molar-refractivity contribution in [2.24, 2.45) is 0 Å². The number of piperazine rings is 1. The van der Waals surface area contributed by atoms with Crippen LogP contribution in [0.2, 0.25) is 0 Å². The fourth-order valence-corrected chi connectivity index (χ4v) is 4.32. The Bertz CT molecular complexity index is 897. The van der Waals surface area contributed by atoms with Gasteiger partial charge in [0.2, 0.25) is 12.7 Å². The Balaban J connectivity index is 1.29. The highest BCUT2D eigenvalue weighted by Crippen LogP contribution is 2.33. The first-order valence-electron chi connectivity index (χ1n) is 9.91. The first-order valence-corrected chi connectivity index (χ1v) is 10.7. The van der Waals surface area contributed by atoms with Crippen molar-refractivity contribution in [2.75, 3.05) is 38.3 Å². The second kappa shape index (κ2) is 8.73. The van der Waals surface area contributed by atoms with Gasteiger partial charge in [-0.2, -0.15) is 0 Å². The molecule has 1 amide bonds. The average Bonchev–Trinajstić information content (AvgIpc) is 3.18. The summed E-state index contributed by atoms with van der Waals surface area (Å²) in [4.78, 5) is 17.4. The molecule has 1 saturated heterocycles. The number of hydrogen-bond donors (Lipinski definition) is 1. The van der Waals surface area contributed by atoms with Gasteiger partial charge in [-0.05, 0) is 65.2 Å². The molecule has 0 spiro atoms. The van der Waals surface area contributed by atoms with Gasteiger partial charge in [0.05, 0.1) is 11.7 Å². The molecular formula is C22H26BrN3O3. The molecule has 0 aliphatic carbocycles. The number of aryl methyl sites for hydroxylation is 1. The summed E-state index contributed by atoms with van der Waals surface area (Å²) in [7, 11) is 0. The molecule has 4 rings (SSSR count). The molecule has 2 heterocycles. The summed E-state index contributed by atoms with van der Waals surface area (Å²) in [5.41, 5.74) is 3.19. The molecule has 0 saturated carbocycles. The zero-order chi connectivity index (χ0) is 20.4.